The summed E-state index contributed by atoms with van der Waals surface area (Å²) in [6.45, 7) is 4.76. The maximum atomic E-state index is 12.6. The van der Waals surface area contributed by atoms with Gasteiger partial charge < -0.3 is 0 Å². The van der Waals surface area contributed by atoms with Gasteiger partial charge in [-0.15, -0.1) is 0 Å². The quantitative estimate of drug-likeness (QED) is 0.439. The Morgan fingerprint density at radius 1 is 1.20 bits per heavy atom. The van der Waals surface area contributed by atoms with Gasteiger partial charge in [0.25, 0.3) is 0 Å². The molecule has 2 nitrogen and oxygen atoms in total. The van der Waals surface area contributed by atoms with E-state index in [9.17, 15) is 21.8 Å². The molecule has 0 aromatic heterocycles. The highest BCUT2D eigenvalue weighted by Crippen LogP contribution is 2.40. The predicted molar refractivity (Wildman–Crippen MR) is 51.8 cm³/mol. The van der Waals surface area contributed by atoms with Crippen LogP contribution in [0.3, 0.4) is 0 Å². The number of nitrogens with zero attached hydrogens (tertiary/aromatic N) is 1. The van der Waals surface area contributed by atoms with Crippen molar-refractivity contribution in [2.24, 2.45) is 9.81 Å². The topological polar surface area (TPSA) is 29.4 Å². The van der Waals surface area contributed by atoms with Crippen LogP contribution in [-0.4, -0.2) is 21.1 Å². The normalized spacial score (nSPS) is 17.1. The van der Waals surface area contributed by atoms with E-state index in [1.54, 1.807) is 20.8 Å². The molecule has 8 heteroatoms. The van der Waals surface area contributed by atoms with Gasteiger partial charge in [-0.3, -0.25) is 0 Å². The van der Waals surface area contributed by atoms with E-state index in [4.69, 9.17) is 0 Å². The van der Waals surface area contributed by atoms with Crippen molar-refractivity contribution in [2.45, 2.75) is 31.4 Å². The van der Waals surface area contributed by atoms with E-state index < -0.39 is 27.0 Å². The van der Waals surface area contributed by atoms with E-state index in [1.165, 1.54) is 0 Å². The van der Waals surface area contributed by atoms with Crippen LogP contribution in [0.25, 0.3) is 0 Å². The molecule has 15 heavy (non-hydrogen) atoms. The van der Waals surface area contributed by atoms with Gasteiger partial charge in [-0.05, 0) is 17.0 Å². The third kappa shape index (κ3) is 4.46. The van der Waals surface area contributed by atoms with Crippen molar-refractivity contribution in [3.05, 3.63) is 0 Å². The molecular weight excluding hydrogens is 258 g/mol. The highest BCUT2D eigenvalue weighted by Gasteiger charge is 2.60. The van der Waals surface area contributed by atoms with Crippen molar-refractivity contribution >= 4 is 28.8 Å². The summed E-state index contributed by atoms with van der Waals surface area (Å²) in [6, 6.07) is 0. The summed E-state index contributed by atoms with van der Waals surface area (Å²) in [4.78, 5) is 0. The molecule has 1 unspecified atom stereocenters. The van der Waals surface area contributed by atoms with E-state index in [0.29, 0.717) is 0 Å². The fourth-order valence-electron chi connectivity index (χ4n) is 0.371. The van der Waals surface area contributed by atoms with Gasteiger partial charge in [0.1, 0.15) is 0 Å². The lowest BCUT2D eigenvalue weighted by Gasteiger charge is -2.18. The average Bonchev–Trinajstić information content (AvgIpc) is 1.96. The summed E-state index contributed by atoms with van der Waals surface area (Å²) >= 11 is 4.12. The Kier molecular flexibility index (Phi) is 4.32. The van der Waals surface area contributed by atoms with Gasteiger partial charge in [0.15, 0.2) is 0 Å². The lowest BCUT2D eigenvalue weighted by atomic mass is 10.00. The summed E-state index contributed by atoms with van der Waals surface area (Å²) in [5, 5.41) is -9.76. The lowest BCUT2D eigenvalue weighted by Crippen LogP contribution is -2.39. The van der Waals surface area contributed by atoms with Crippen molar-refractivity contribution in [1.29, 1.82) is 0 Å². The molecule has 1 atom stereocenters. The number of hydrogen-bond donors (Lipinski definition) is 0. The molecule has 0 N–H and O–H groups in total. The Labute approximate surface area is 92.3 Å². The van der Waals surface area contributed by atoms with Crippen LogP contribution in [0.15, 0.2) is 4.40 Å². The molecule has 0 bridgehead atoms. The molecular formula is C7H10ClF4NOS. The lowest BCUT2D eigenvalue weighted by molar-refractivity contribution is -0.0932. The maximum Gasteiger partial charge on any atom is 0.417 e. The first-order chi connectivity index (χ1) is 6.38. The molecule has 90 valence electrons. The molecule has 0 fully saturated rings. The van der Waals surface area contributed by atoms with Gasteiger partial charge >= 0.3 is 10.6 Å². The predicted octanol–water partition coefficient (Wildman–Crippen LogP) is 3.19. The standard InChI is InChI=1S/C7H10ClF4NOS/c1-5(2,3)4-13-15(14)7(11,12)6(8,9)10/h4H,1-3H3/b13-4+. The molecule has 0 amide bonds. The van der Waals surface area contributed by atoms with E-state index in [0.717, 1.165) is 6.21 Å². The largest absolute Gasteiger partial charge is 0.417 e. The zero-order valence-corrected chi connectivity index (χ0v) is 9.80. The van der Waals surface area contributed by atoms with Crippen molar-refractivity contribution < 1.29 is 21.8 Å². The highest BCUT2D eigenvalue weighted by atomic mass is 35.5. The summed E-state index contributed by atoms with van der Waals surface area (Å²) < 4.78 is 63.1. The average molecular weight is 268 g/mol. The molecule has 0 aliphatic carbocycles. The summed E-state index contributed by atoms with van der Waals surface area (Å²) in [5.41, 5.74) is -0.632. The first-order valence-electron chi connectivity index (χ1n) is 3.80. The molecule has 0 aliphatic rings. The first-order valence-corrected chi connectivity index (χ1v) is 5.28. The van der Waals surface area contributed by atoms with E-state index in [1.807, 2.05) is 0 Å². The molecule has 0 spiro atoms. The number of rotatable bonds is 3. The van der Waals surface area contributed by atoms with Gasteiger partial charge in [0.2, 0.25) is 11.0 Å². The zero-order chi connectivity index (χ0) is 12.5. The second kappa shape index (κ2) is 4.37. The Bertz CT molecular complexity index is 282. The van der Waals surface area contributed by atoms with Crippen LogP contribution in [0.5, 0.6) is 0 Å². The fourth-order valence-corrected chi connectivity index (χ4v) is 1.31. The van der Waals surface area contributed by atoms with Crippen LogP contribution < -0.4 is 0 Å². The Morgan fingerprint density at radius 2 is 1.60 bits per heavy atom. The summed E-state index contributed by atoms with van der Waals surface area (Å²) in [7, 11) is -3.39. The molecule has 0 rings (SSSR count). The second-order valence-electron chi connectivity index (χ2n) is 3.86. The van der Waals surface area contributed by atoms with Crippen LogP contribution in [0, 0.1) is 5.41 Å². The highest BCUT2D eigenvalue weighted by molar-refractivity contribution is 7.85. The summed E-state index contributed by atoms with van der Waals surface area (Å²) in [5.74, 6) is 0. The minimum absolute atomic E-state index is 0.632. The Hall–Kier alpha value is -0.170. The van der Waals surface area contributed by atoms with Crippen molar-refractivity contribution in [3.63, 3.8) is 0 Å². The van der Waals surface area contributed by atoms with E-state index in [-0.39, 0.29) is 0 Å². The minimum Gasteiger partial charge on any atom is -0.228 e. The van der Waals surface area contributed by atoms with Crippen molar-refractivity contribution in [1.82, 2.24) is 0 Å². The van der Waals surface area contributed by atoms with Gasteiger partial charge in [-0.25, -0.2) is 4.21 Å². The Balaban J connectivity index is 4.82. The minimum atomic E-state index is -4.88. The van der Waals surface area contributed by atoms with Gasteiger partial charge in [-0.1, -0.05) is 20.8 Å². The van der Waals surface area contributed by atoms with E-state index in [2.05, 4.69) is 16.0 Å². The SMILES string of the molecule is CC(C)(C)/C=N/S(=O)C(F)(F)C(F)(F)Cl. The molecule has 0 aromatic carbocycles. The second-order valence-corrected chi connectivity index (χ2v) is 5.56. The molecule has 0 saturated carbocycles. The van der Waals surface area contributed by atoms with Crippen LogP contribution in [-0.2, 0) is 11.0 Å². The maximum absolute atomic E-state index is 12.6. The number of alkyl halides is 5. The Morgan fingerprint density at radius 3 is 1.87 bits per heavy atom. The van der Waals surface area contributed by atoms with Crippen LogP contribution in [0.4, 0.5) is 17.6 Å². The number of hydrogen-bond acceptors (Lipinski definition) is 1. The van der Waals surface area contributed by atoms with Crippen LogP contribution >= 0.6 is 11.6 Å². The zero-order valence-electron chi connectivity index (χ0n) is 8.23. The van der Waals surface area contributed by atoms with Crippen molar-refractivity contribution in [3.8, 4) is 0 Å². The van der Waals surface area contributed by atoms with Gasteiger partial charge in [0.05, 0.1) is 0 Å². The third-order valence-corrected chi connectivity index (χ3v) is 2.43. The fraction of sp³-hybridized carbons (Fsp3) is 0.857. The van der Waals surface area contributed by atoms with Gasteiger partial charge in [0, 0.05) is 6.21 Å². The van der Waals surface area contributed by atoms with E-state index >= 15 is 0 Å². The smallest absolute Gasteiger partial charge is 0.228 e. The molecule has 0 aromatic rings. The van der Waals surface area contributed by atoms with Crippen LogP contribution in [0.1, 0.15) is 20.8 Å². The molecule has 0 heterocycles. The number of halogens is 5. The molecule has 0 radical (unpaired) electrons. The monoisotopic (exact) mass is 267 g/mol. The molecule has 0 saturated heterocycles. The third-order valence-electron chi connectivity index (χ3n) is 1.09. The van der Waals surface area contributed by atoms with Crippen LogP contribution in [0.2, 0.25) is 0 Å². The summed E-state index contributed by atoms with van der Waals surface area (Å²) in [6.07, 6.45) is 0.916. The van der Waals surface area contributed by atoms with Crippen molar-refractivity contribution in [2.75, 3.05) is 0 Å². The van der Waals surface area contributed by atoms with Gasteiger partial charge in [-0.2, -0.15) is 22.0 Å². The first kappa shape index (κ1) is 14.8. The molecule has 0 aliphatic heterocycles.